The second kappa shape index (κ2) is 4.08. The maximum Gasteiger partial charge on any atom is 0.116 e. The molecule has 2 heteroatoms. The summed E-state index contributed by atoms with van der Waals surface area (Å²) in [4.78, 5) is 0. The van der Waals surface area contributed by atoms with Gasteiger partial charge in [-0.3, -0.25) is 0 Å². The molecule has 0 radical (unpaired) electrons. The number of benzene rings is 2. The third-order valence-corrected chi connectivity index (χ3v) is 2.39. The molecule has 78 valence electrons. The number of hydrogen-bond donors (Lipinski definition) is 1. The Morgan fingerprint density at radius 2 is 1.88 bits per heavy atom. The number of nitrogens with zero attached hydrogens (tertiary/aromatic N) is 1. The number of rotatable bonds is 1. The molecule has 0 amide bonds. The van der Waals surface area contributed by atoms with Crippen LogP contribution in [0.2, 0.25) is 0 Å². The van der Waals surface area contributed by atoms with E-state index in [4.69, 9.17) is 5.26 Å². The molecule has 1 N–H and O–H groups in total. The van der Waals surface area contributed by atoms with Crippen LogP contribution in [0, 0.1) is 18.3 Å². The lowest BCUT2D eigenvalue weighted by Crippen LogP contribution is -1.82. The monoisotopic (exact) mass is 209 g/mol. The van der Waals surface area contributed by atoms with Crippen LogP contribution in [0.25, 0.3) is 11.1 Å². The number of phenolic OH excluding ortho intramolecular Hbond substituents is 1. The summed E-state index contributed by atoms with van der Waals surface area (Å²) in [5, 5.41) is 18.3. The summed E-state index contributed by atoms with van der Waals surface area (Å²) in [6.45, 7) is 1.93. The van der Waals surface area contributed by atoms with E-state index in [2.05, 4.69) is 6.07 Å². The van der Waals surface area contributed by atoms with Gasteiger partial charge < -0.3 is 5.11 Å². The van der Waals surface area contributed by atoms with Crippen molar-refractivity contribution >= 4 is 0 Å². The van der Waals surface area contributed by atoms with Crippen LogP contribution in [0.1, 0.15) is 11.1 Å². The minimum absolute atomic E-state index is 0.248. The quantitative estimate of drug-likeness (QED) is 0.783. The van der Waals surface area contributed by atoms with Crippen molar-refractivity contribution in [3.05, 3.63) is 53.6 Å². The van der Waals surface area contributed by atoms with E-state index in [0.29, 0.717) is 5.56 Å². The smallest absolute Gasteiger partial charge is 0.116 e. The number of aromatic hydroxyl groups is 1. The number of phenols is 1. The van der Waals surface area contributed by atoms with Gasteiger partial charge >= 0.3 is 0 Å². The minimum Gasteiger partial charge on any atom is -0.508 e. The van der Waals surface area contributed by atoms with Gasteiger partial charge in [-0.2, -0.15) is 5.26 Å². The fraction of sp³-hybridized carbons (Fsp3) is 0.0714. The average molecular weight is 209 g/mol. The second-order valence-corrected chi connectivity index (χ2v) is 3.75. The molecule has 0 aliphatic heterocycles. The lowest BCUT2D eigenvalue weighted by Gasteiger charge is -2.04. The van der Waals surface area contributed by atoms with Crippen LogP contribution in [0.5, 0.6) is 5.75 Å². The van der Waals surface area contributed by atoms with Crippen LogP contribution in [0.4, 0.5) is 0 Å². The van der Waals surface area contributed by atoms with Crippen LogP contribution < -0.4 is 0 Å². The van der Waals surface area contributed by atoms with Crippen molar-refractivity contribution in [2.45, 2.75) is 6.92 Å². The predicted molar refractivity (Wildman–Crippen MR) is 63.0 cm³/mol. The van der Waals surface area contributed by atoms with E-state index in [1.165, 1.54) is 0 Å². The zero-order valence-electron chi connectivity index (χ0n) is 8.94. The van der Waals surface area contributed by atoms with Crippen molar-refractivity contribution in [3.8, 4) is 22.9 Å². The third-order valence-electron chi connectivity index (χ3n) is 2.39. The molecule has 2 rings (SSSR count). The fourth-order valence-electron chi connectivity index (χ4n) is 1.70. The molecule has 0 unspecified atom stereocenters. The van der Waals surface area contributed by atoms with Crippen molar-refractivity contribution in [2.24, 2.45) is 0 Å². The molecule has 2 aromatic rings. The Morgan fingerprint density at radius 3 is 2.56 bits per heavy atom. The Kier molecular flexibility index (Phi) is 2.61. The van der Waals surface area contributed by atoms with Crippen molar-refractivity contribution in [1.29, 1.82) is 5.26 Å². The van der Waals surface area contributed by atoms with Gasteiger partial charge in [0.25, 0.3) is 0 Å². The highest BCUT2D eigenvalue weighted by molar-refractivity contribution is 5.67. The lowest BCUT2D eigenvalue weighted by molar-refractivity contribution is 0.475. The van der Waals surface area contributed by atoms with Crippen LogP contribution >= 0.6 is 0 Å². The first kappa shape index (κ1) is 10.3. The second-order valence-electron chi connectivity index (χ2n) is 3.75. The Balaban J connectivity index is 2.54. The number of aryl methyl sites for hydroxylation is 1. The van der Waals surface area contributed by atoms with Gasteiger partial charge in [0.1, 0.15) is 5.75 Å². The maximum atomic E-state index is 9.52. The summed E-state index contributed by atoms with van der Waals surface area (Å²) in [5.41, 5.74) is 3.49. The number of hydrogen-bond acceptors (Lipinski definition) is 2. The molecule has 0 spiro atoms. The molecule has 2 nitrogen and oxygen atoms in total. The summed E-state index contributed by atoms with van der Waals surface area (Å²) >= 11 is 0. The Morgan fingerprint density at radius 1 is 1.06 bits per heavy atom. The van der Waals surface area contributed by atoms with Crippen molar-refractivity contribution in [1.82, 2.24) is 0 Å². The Hall–Kier alpha value is -2.27. The van der Waals surface area contributed by atoms with E-state index in [9.17, 15) is 5.11 Å². The Bertz CT molecular complexity index is 547. The minimum atomic E-state index is 0.248. The molecule has 0 bridgehead atoms. The molecular formula is C14H11NO. The van der Waals surface area contributed by atoms with Gasteiger partial charge in [-0.05, 0) is 47.9 Å². The Labute approximate surface area is 94.4 Å². The highest BCUT2D eigenvalue weighted by atomic mass is 16.3. The summed E-state index contributed by atoms with van der Waals surface area (Å²) < 4.78 is 0. The van der Waals surface area contributed by atoms with E-state index in [1.54, 1.807) is 18.2 Å². The van der Waals surface area contributed by atoms with Gasteiger partial charge in [-0.25, -0.2) is 0 Å². The topological polar surface area (TPSA) is 44.0 Å². The molecule has 0 atom stereocenters. The highest BCUT2D eigenvalue weighted by Crippen LogP contribution is 2.25. The van der Waals surface area contributed by atoms with Gasteiger partial charge in [-0.1, -0.05) is 18.2 Å². The first-order valence-electron chi connectivity index (χ1n) is 5.00. The molecular weight excluding hydrogens is 198 g/mol. The van der Waals surface area contributed by atoms with E-state index in [1.807, 2.05) is 31.2 Å². The average Bonchev–Trinajstić information content (AvgIpc) is 2.28. The SMILES string of the molecule is Cc1cc(O)cc(-c2cccc(C#N)c2)c1. The van der Waals surface area contributed by atoms with E-state index >= 15 is 0 Å². The predicted octanol–water partition coefficient (Wildman–Crippen LogP) is 3.24. The van der Waals surface area contributed by atoms with E-state index in [-0.39, 0.29) is 5.75 Å². The number of nitriles is 1. The first-order valence-corrected chi connectivity index (χ1v) is 5.00. The van der Waals surface area contributed by atoms with Crippen LogP contribution in [0.15, 0.2) is 42.5 Å². The lowest BCUT2D eigenvalue weighted by atomic mass is 10.0. The molecule has 0 aliphatic rings. The molecule has 0 fully saturated rings. The zero-order chi connectivity index (χ0) is 11.5. The van der Waals surface area contributed by atoms with Crippen molar-refractivity contribution < 1.29 is 5.11 Å². The van der Waals surface area contributed by atoms with Crippen molar-refractivity contribution in [2.75, 3.05) is 0 Å². The molecule has 0 saturated carbocycles. The molecule has 0 saturated heterocycles. The van der Waals surface area contributed by atoms with Crippen LogP contribution in [0.3, 0.4) is 0 Å². The summed E-state index contributed by atoms with van der Waals surface area (Å²) in [7, 11) is 0. The van der Waals surface area contributed by atoms with Gasteiger partial charge in [-0.15, -0.1) is 0 Å². The van der Waals surface area contributed by atoms with Crippen molar-refractivity contribution in [3.63, 3.8) is 0 Å². The molecule has 0 aromatic heterocycles. The van der Waals surface area contributed by atoms with Crippen LogP contribution in [-0.2, 0) is 0 Å². The van der Waals surface area contributed by atoms with Gasteiger partial charge in [0.05, 0.1) is 11.6 Å². The maximum absolute atomic E-state index is 9.52. The largest absolute Gasteiger partial charge is 0.508 e. The molecule has 0 aliphatic carbocycles. The molecule has 2 aromatic carbocycles. The van der Waals surface area contributed by atoms with E-state index in [0.717, 1.165) is 16.7 Å². The fourth-order valence-corrected chi connectivity index (χ4v) is 1.70. The van der Waals surface area contributed by atoms with Gasteiger partial charge in [0.15, 0.2) is 0 Å². The van der Waals surface area contributed by atoms with E-state index < -0.39 is 0 Å². The van der Waals surface area contributed by atoms with Gasteiger partial charge in [0, 0.05) is 0 Å². The first-order chi connectivity index (χ1) is 7.69. The summed E-state index contributed by atoms with van der Waals surface area (Å²) in [5.74, 6) is 0.248. The zero-order valence-corrected chi connectivity index (χ0v) is 8.94. The summed E-state index contributed by atoms with van der Waals surface area (Å²) in [6.07, 6.45) is 0. The molecule has 0 heterocycles. The molecule has 16 heavy (non-hydrogen) atoms. The standard InChI is InChI=1S/C14H11NO/c1-10-5-13(8-14(16)6-10)12-4-2-3-11(7-12)9-15/h2-8,16H,1H3. The van der Waals surface area contributed by atoms with Gasteiger partial charge in [0.2, 0.25) is 0 Å². The highest BCUT2D eigenvalue weighted by Gasteiger charge is 2.01. The normalized spacial score (nSPS) is 9.75. The summed E-state index contributed by atoms with van der Waals surface area (Å²) in [6, 6.07) is 14.8. The van der Waals surface area contributed by atoms with Crippen LogP contribution in [-0.4, -0.2) is 5.11 Å². The third kappa shape index (κ3) is 2.04.